The van der Waals surface area contributed by atoms with Gasteiger partial charge in [-0.25, -0.2) is 0 Å². The fraction of sp³-hybridized carbons (Fsp3) is 0.375. The van der Waals surface area contributed by atoms with Gasteiger partial charge in [-0.2, -0.15) is 0 Å². The minimum Gasteiger partial charge on any atom is -0.318 e. The second-order valence-electron chi connectivity index (χ2n) is 2.84. The van der Waals surface area contributed by atoms with Crippen molar-refractivity contribution in [2.45, 2.75) is 13.0 Å². The second kappa shape index (κ2) is 2.88. The molecule has 12 heavy (non-hydrogen) atoms. The first-order valence-corrected chi connectivity index (χ1v) is 4.68. The molecule has 0 saturated carbocycles. The van der Waals surface area contributed by atoms with E-state index >= 15 is 0 Å². The van der Waals surface area contributed by atoms with E-state index in [1.165, 1.54) is 11.8 Å². The van der Waals surface area contributed by atoms with Gasteiger partial charge in [0.15, 0.2) is 0 Å². The maximum Gasteiger partial charge on any atom is 0.221 e. The molecule has 0 bridgehead atoms. The van der Waals surface area contributed by atoms with Crippen molar-refractivity contribution in [3.63, 3.8) is 0 Å². The summed E-state index contributed by atoms with van der Waals surface area (Å²) in [5.74, 6) is -0.00726. The summed E-state index contributed by atoms with van der Waals surface area (Å²) in [4.78, 5) is 12.0. The van der Waals surface area contributed by atoms with Crippen LogP contribution in [0.1, 0.15) is 17.8 Å². The second-order valence-corrected chi connectivity index (χ2v) is 3.96. The van der Waals surface area contributed by atoms with E-state index in [1.54, 1.807) is 11.3 Å². The van der Waals surface area contributed by atoms with Crippen molar-refractivity contribution in [1.29, 1.82) is 0 Å². The molecular weight excluding hydrogens is 172 g/mol. The molecular formula is C8H10N2OS. The van der Waals surface area contributed by atoms with Gasteiger partial charge in [0.1, 0.15) is 0 Å². The van der Waals surface area contributed by atoms with Crippen LogP contribution < -0.4 is 10.6 Å². The van der Waals surface area contributed by atoms with E-state index < -0.39 is 0 Å². The van der Waals surface area contributed by atoms with Crippen LogP contribution in [0.4, 0.5) is 5.00 Å². The molecule has 2 heterocycles. The smallest absolute Gasteiger partial charge is 0.221 e. The minimum absolute atomic E-state index is 0.00726. The van der Waals surface area contributed by atoms with E-state index in [4.69, 9.17) is 0 Å². The zero-order chi connectivity index (χ0) is 8.55. The molecule has 1 aromatic rings. The topological polar surface area (TPSA) is 51.0 Å². The molecule has 1 fully saturated rings. The largest absolute Gasteiger partial charge is 0.318 e. The predicted octanol–water partition coefficient (Wildman–Crippen LogP) is 1.35. The van der Waals surface area contributed by atoms with Gasteiger partial charge in [-0.15, -0.1) is 11.3 Å². The summed E-state index contributed by atoms with van der Waals surface area (Å²) in [6.45, 7) is 2.59. The lowest BCUT2D eigenvalue weighted by molar-refractivity contribution is -0.114. The first-order valence-electron chi connectivity index (χ1n) is 3.86. The SMILES string of the molecule is CC(=O)Nc1ccc([C@H]2CN2)s1. The van der Waals surface area contributed by atoms with Crippen LogP contribution in [0.25, 0.3) is 0 Å². The van der Waals surface area contributed by atoms with Crippen LogP contribution in [0, 0.1) is 0 Å². The van der Waals surface area contributed by atoms with Crippen molar-refractivity contribution in [2.24, 2.45) is 0 Å². The lowest BCUT2D eigenvalue weighted by atomic mass is 10.4. The first-order chi connectivity index (χ1) is 5.75. The highest BCUT2D eigenvalue weighted by Gasteiger charge is 2.23. The zero-order valence-electron chi connectivity index (χ0n) is 6.76. The van der Waals surface area contributed by atoms with Crippen LogP contribution in [0.5, 0.6) is 0 Å². The van der Waals surface area contributed by atoms with Crippen LogP contribution in [0.3, 0.4) is 0 Å². The average Bonchev–Trinajstić information content (AvgIpc) is 2.73. The van der Waals surface area contributed by atoms with Crippen molar-refractivity contribution in [1.82, 2.24) is 5.32 Å². The molecule has 1 aliphatic rings. The Hall–Kier alpha value is -0.870. The number of nitrogens with one attached hydrogen (secondary N) is 2. The standard InChI is InChI=1S/C8H10N2OS/c1-5(11)10-8-3-2-7(12-8)6-4-9-6/h2-3,6,9H,4H2,1H3,(H,10,11)/t6-/m1/s1. The molecule has 1 amide bonds. The Labute approximate surface area is 74.8 Å². The van der Waals surface area contributed by atoms with Gasteiger partial charge in [-0.3, -0.25) is 4.79 Å². The lowest BCUT2D eigenvalue weighted by Gasteiger charge is -1.93. The molecule has 1 aliphatic heterocycles. The molecule has 0 aliphatic carbocycles. The van der Waals surface area contributed by atoms with E-state index in [0.29, 0.717) is 6.04 Å². The van der Waals surface area contributed by atoms with E-state index in [0.717, 1.165) is 11.5 Å². The lowest BCUT2D eigenvalue weighted by Crippen LogP contribution is -2.03. The average molecular weight is 182 g/mol. The molecule has 1 saturated heterocycles. The van der Waals surface area contributed by atoms with Gasteiger partial charge in [0.25, 0.3) is 0 Å². The minimum atomic E-state index is -0.00726. The van der Waals surface area contributed by atoms with Crippen LogP contribution in [0.15, 0.2) is 12.1 Å². The Bertz CT molecular complexity index is 304. The maximum atomic E-state index is 10.7. The molecule has 4 heteroatoms. The Kier molecular flexibility index (Phi) is 1.86. The van der Waals surface area contributed by atoms with E-state index in [2.05, 4.69) is 16.7 Å². The summed E-state index contributed by atoms with van der Waals surface area (Å²) in [5, 5.41) is 6.91. The van der Waals surface area contributed by atoms with Gasteiger partial charge in [0.05, 0.1) is 11.0 Å². The van der Waals surface area contributed by atoms with E-state index in [1.807, 2.05) is 6.07 Å². The Morgan fingerprint density at radius 2 is 2.50 bits per heavy atom. The van der Waals surface area contributed by atoms with Crippen molar-refractivity contribution < 1.29 is 4.79 Å². The molecule has 0 radical (unpaired) electrons. The van der Waals surface area contributed by atoms with Crippen molar-refractivity contribution in [3.8, 4) is 0 Å². The van der Waals surface area contributed by atoms with Gasteiger partial charge in [-0.1, -0.05) is 0 Å². The van der Waals surface area contributed by atoms with E-state index in [9.17, 15) is 4.79 Å². The highest BCUT2D eigenvalue weighted by molar-refractivity contribution is 7.16. The molecule has 3 nitrogen and oxygen atoms in total. The molecule has 1 aromatic heterocycles. The number of hydrogen-bond acceptors (Lipinski definition) is 3. The first kappa shape index (κ1) is 7.76. The predicted molar refractivity (Wildman–Crippen MR) is 49.4 cm³/mol. The summed E-state index contributed by atoms with van der Waals surface area (Å²) < 4.78 is 0. The normalized spacial score (nSPS) is 20.6. The van der Waals surface area contributed by atoms with Gasteiger partial charge < -0.3 is 10.6 Å². The quantitative estimate of drug-likeness (QED) is 0.678. The molecule has 1 atom stereocenters. The third-order valence-electron chi connectivity index (χ3n) is 1.68. The zero-order valence-corrected chi connectivity index (χ0v) is 7.57. The van der Waals surface area contributed by atoms with Crippen LogP contribution in [-0.4, -0.2) is 12.5 Å². The Morgan fingerprint density at radius 1 is 1.75 bits per heavy atom. The van der Waals surface area contributed by atoms with Gasteiger partial charge in [0, 0.05) is 18.3 Å². The number of hydrogen-bond donors (Lipinski definition) is 2. The number of carbonyl (C=O) groups excluding carboxylic acids is 1. The van der Waals surface area contributed by atoms with Gasteiger partial charge >= 0.3 is 0 Å². The molecule has 0 spiro atoms. The molecule has 64 valence electrons. The fourth-order valence-electron chi connectivity index (χ4n) is 1.04. The fourth-order valence-corrected chi connectivity index (χ4v) is 2.07. The third kappa shape index (κ3) is 1.65. The summed E-state index contributed by atoms with van der Waals surface area (Å²) in [6.07, 6.45) is 0. The van der Waals surface area contributed by atoms with Crippen molar-refractivity contribution in [2.75, 3.05) is 11.9 Å². The van der Waals surface area contributed by atoms with E-state index in [-0.39, 0.29) is 5.91 Å². The van der Waals surface area contributed by atoms with Gasteiger partial charge in [0.2, 0.25) is 5.91 Å². The number of rotatable bonds is 2. The molecule has 0 aromatic carbocycles. The Balaban J connectivity index is 2.07. The number of amides is 1. The summed E-state index contributed by atoms with van der Waals surface area (Å²) >= 11 is 1.64. The van der Waals surface area contributed by atoms with Crippen molar-refractivity contribution in [3.05, 3.63) is 17.0 Å². The van der Waals surface area contributed by atoms with Gasteiger partial charge in [-0.05, 0) is 12.1 Å². The maximum absolute atomic E-state index is 10.7. The molecule has 2 N–H and O–H groups in total. The molecule has 0 unspecified atom stereocenters. The summed E-state index contributed by atoms with van der Waals surface area (Å²) in [6, 6.07) is 4.54. The number of carbonyl (C=O) groups is 1. The number of anilines is 1. The molecule has 2 rings (SSSR count). The monoisotopic (exact) mass is 182 g/mol. The summed E-state index contributed by atoms with van der Waals surface area (Å²) in [5.41, 5.74) is 0. The van der Waals surface area contributed by atoms with Crippen LogP contribution >= 0.6 is 11.3 Å². The van der Waals surface area contributed by atoms with Crippen LogP contribution in [0.2, 0.25) is 0 Å². The third-order valence-corrected chi connectivity index (χ3v) is 2.79. The van der Waals surface area contributed by atoms with Crippen molar-refractivity contribution >= 4 is 22.2 Å². The Morgan fingerprint density at radius 3 is 3.08 bits per heavy atom. The highest BCUT2D eigenvalue weighted by Crippen LogP contribution is 2.31. The highest BCUT2D eigenvalue weighted by atomic mass is 32.1. The number of thiophene rings is 1. The van der Waals surface area contributed by atoms with Crippen LogP contribution in [-0.2, 0) is 4.79 Å². The summed E-state index contributed by atoms with van der Waals surface area (Å²) in [7, 11) is 0.